The number of nitrogens with zero attached hydrogens (tertiary/aromatic N) is 2. The highest BCUT2D eigenvalue weighted by Crippen LogP contribution is 2.32. The lowest BCUT2D eigenvalue weighted by Gasteiger charge is -2.29. The van der Waals surface area contributed by atoms with E-state index in [9.17, 15) is 0 Å². The zero-order valence-electron chi connectivity index (χ0n) is 12.6. The van der Waals surface area contributed by atoms with Crippen LogP contribution in [0.3, 0.4) is 0 Å². The standard InChI is InChI=1S/C16H29N3/c1-3-13-19-15(11-12-18-19)16(17-2)14-9-7-5-4-6-8-10-14/h11-12,14,16-17H,3-10,13H2,1-2H3. The Morgan fingerprint density at radius 3 is 2.58 bits per heavy atom. The van der Waals surface area contributed by atoms with E-state index in [0.29, 0.717) is 6.04 Å². The van der Waals surface area contributed by atoms with E-state index in [1.165, 1.54) is 50.6 Å². The molecular formula is C16H29N3. The van der Waals surface area contributed by atoms with Gasteiger partial charge in [-0.3, -0.25) is 4.68 Å². The Balaban J connectivity index is 2.10. The molecule has 108 valence electrons. The second-order valence-corrected chi connectivity index (χ2v) is 5.85. The maximum atomic E-state index is 4.49. The minimum Gasteiger partial charge on any atom is -0.311 e. The van der Waals surface area contributed by atoms with Crippen LogP contribution in [0.25, 0.3) is 0 Å². The molecule has 0 amide bonds. The lowest BCUT2D eigenvalue weighted by Crippen LogP contribution is -2.28. The van der Waals surface area contributed by atoms with Crippen molar-refractivity contribution in [3.8, 4) is 0 Å². The van der Waals surface area contributed by atoms with E-state index < -0.39 is 0 Å². The van der Waals surface area contributed by atoms with Gasteiger partial charge in [0.05, 0.1) is 11.7 Å². The molecule has 1 aromatic heterocycles. The van der Waals surface area contributed by atoms with Crippen LogP contribution >= 0.6 is 0 Å². The third kappa shape index (κ3) is 3.82. The molecule has 2 rings (SSSR count). The lowest BCUT2D eigenvalue weighted by molar-refractivity contribution is 0.287. The van der Waals surface area contributed by atoms with Gasteiger partial charge in [0.15, 0.2) is 0 Å². The summed E-state index contributed by atoms with van der Waals surface area (Å²) in [5, 5.41) is 8.05. The molecule has 3 nitrogen and oxygen atoms in total. The molecular weight excluding hydrogens is 234 g/mol. The van der Waals surface area contributed by atoms with E-state index in [2.05, 4.69) is 35.1 Å². The average Bonchev–Trinajstić information content (AvgIpc) is 2.81. The largest absolute Gasteiger partial charge is 0.311 e. The van der Waals surface area contributed by atoms with E-state index in [4.69, 9.17) is 0 Å². The van der Waals surface area contributed by atoms with E-state index in [0.717, 1.165) is 18.9 Å². The maximum Gasteiger partial charge on any atom is 0.0556 e. The molecule has 1 unspecified atom stereocenters. The van der Waals surface area contributed by atoms with Crippen molar-refractivity contribution in [2.45, 2.75) is 70.9 Å². The van der Waals surface area contributed by atoms with Gasteiger partial charge in [0, 0.05) is 12.7 Å². The normalized spacial score (nSPS) is 19.9. The third-order valence-corrected chi connectivity index (χ3v) is 4.44. The molecule has 3 heteroatoms. The van der Waals surface area contributed by atoms with Crippen LogP contribution in [0.5, 0.6) is 0 Å². The van der Waals surface area contributed by atoms with Crippen LogP contribution in [-0.4, -0.2) is 16.8 Å². The summed E-state index contributed by atoms with van der Waals surface area (Å²) < 4.78 is 2.19. The minimum atomic E-state index is 0.479. The van der Waals surface area contributed by atoms with E-state index in [-0.39, 0.29) is 0 Å². The number of aromatic nitrogens is 2. The van der Waals surface area contributed by atoms with Gasteiger partial charge in [-0.25, -0.2) is 0 Å². The molecule has 1 aliphatic carbocycles. The van der Waals surface area contributed by atoms with Gasteiger partial charge < -0.3 is 5.32 Å². The summed E-state index contributed by atoms with van der Waals surface area (Å²) in [6.45, 7) is 3.25. The predicted octanol–water partition coefficient (Wildman–Crippen LogP) is 3.91. The first-order valence-corrected chi connectivity index (χ1v) is 8.05. The lowest BCUT2D eigenvalue weighted by atomic mass is 9.84. The van der Waals surface area contributed by atoms with E-state index >= 15 is 0 Å². The van der Waals surface area contributed by atoms with Crippen LogP contribution in [-0.2, 0) is 6.54 Å². The molecule has 0 spiro atoms. The van der Waals surface area contributed by atoms with Crippen LogP contribution < -0.4 is 5.32 Å². The van der Waals surface area contributed by atoms with Gasteiger partial charge >= 0.3 is 0 Å². The van der Waals surface area contributed by atoms with Gasteiger partial charge in [0.25, 0.3) is 0 Å². The van der Waals surface area contributed by atoms with Crippen LogP contribution in [0.15, 0.2) is 12.3 Å². The number of nitrogens with one attached hydrogen (secondary N) is 1. The molecule has 0 radical (unpaired) electrons. The molecule has 1 fully saturated rings. The Kier molecular flexibility index (Phi) is 5.90. The number of hydrogen-bond acceptors (Lipinski definition) is 2. The summed E-state index contributed by atoms with van der Waals surface area (Å²) in [6, 6.07) is 2.68. The maximum absolute atomic E-state index is 4.49. The van der Waals surface area contributed by atoms with Gasteiger partial charge in [-0.05, 0) is 38.3 Å². The molecule has 0 bridgehead atoms. The third-order valence-electron chi connectivity index (χ3n) is 4.44. The van der Waals surface area contributed by atoms with Crippen LogP contribution in [0, 0.1) is 5.92 Å². The molecule has 1 heterocycles. The van der Waals surface area contributed by atoms with Gasteiger partial charge in [0.2, 0.25) is 0 Å². The smallest absolute Gasteiger partial charge is 0.0556 e. The first-order chi connectivity index (χ1) is 9.36. The molecule has 1 aromatic rings. The van der Waals surface area contributed by atoms with E-state index in [1.807, 2.05) is 6.20 Å². The summed E-state index contributed by atoms with van der Waals surface area (Å²) in [5.41, 5.74) is 1.38. The summed E-state index contributed by atoms with van der Waals surface area (Å²) >= 11 is 0. The van der Waals surface area contributed by atoms with Gasteiger partial charge in [-0.2, -0.15) is 5.10 Å². The predicted molar refractivity (Wildman–Crippen MR) is 80.1 cm³/mol. The van der Waals surface area contributed by atoms with Crippen LogP contribution in [0.1, 0.15) is 70.0 Å². The second kappa shape index (κ2) is 7.68. The van der Waals surface area contributed by atoms with E-state index in [1.54, 1.807) is 0 Å². The molecule has 1 saturated carbocycles. The van der Waals surface area contributed by atoms with Gasteiger partial charge in [-0.1, -0.05) is 39.0 Å². The van der Waals surface area contributed by atoms with Crippen LogP contribution in [0.2, 0.25) is 0 Å². The summed E-state index contributed by atoms with van der Waals surface area (Å²) in [6.07, 6.45) is 12.9. The molecule has 0 saturated heterocycles. The van der Waals surface area contributed by atoms with Crippen molar-refractivity contribution in [3.05, 3.63) is 18.0 Å². The fourth-order valence-corrected chi connectivity index (χ4v) is 3.45. The monoisotopic (exact) mass is 263 g/mol. The molecule has 1 atom stereocenters. The Morgan fingerprint density at radius 1 is 1.26 bits per heavy atom. The zero-order chi connectivity index (χ0) is 13.5. The van der Waals surface area contributed by atoms with Crippen molar-refractivity contribution in [2.75, 3.05) is 7.05 Å². The number of hydrogen-bond donors (Lipinski definition) is 1. The van der Waals surface area contributed by atoms with Gasteiger partial charge in [-0.15, -0.1) is 0 Å². The molecule has 1 aliphatic rings. The topological polar surface area (TPSA) is 29.9 Å². The Morgan fingerprint density at radius 2 is 1.95 bits per heavy atom. The Bertz CT molecular complexity index is 351. The van der Waals surface area contributed by atoms with Crippen molar-refractivity contribution >= 4 is 0 Å². The zero-order valence-corrected chi connectivity index (χ0v) is 12.6. The highest BCUT2D eigenvalue weighted by Gasteiger charge is 2.24. The first kappa shape index (κ1) is 14.6. The van der Waals surface area contributed by atoms with Crippen molar-refractivity contribution in [3.63, 3.8) is 0 Å². The average molecular weight is 263 g/mol. The van der Waals surface area contributed by atoms with Crippen molar-refractivity contribution in [1.29, 1.82) is 0 Å². The second-order valence-electron chi connectivity index (χ2n) is 5.85. The number of aryl methyl sites for hydroxylation is 1. The van der Waals surface area contributed by atoms with Crippen LogP contribution in [0.4, 0.5) is 0 Å². The minimum absolute atomic E-state index is 0.479. The van der Waals surface area contributed by atoms with Crippen molar-refractivity contribution in [2.24, 2.45) is 5.92 Å². The highest BCUT2D eigenvalue weighted by atomic mass is 15.3. The summed E-state index contributed by atoms with van der Waals surface area (Å²) in [7, 11) is 2.10. The highest BCUT2D eigenvalue weighted by molar-refractivity contribution is 5.08. The summed E-state index contributed by atoms with van der Waals surface area (Å²) in [5.74, 6) is 0.776. The SMILES string of the molecule is CCCn1nccc1C(NC)C1CCCCCCC1. The first-order valence-electron chi connectivity index (χ1n) is 8.05. The Hall–Kier alpha value is -0.830. The quantitative estimate of drug-likeness (QED) is 0.872. The molecule has 1 N–H and O–H groups in total. The Labute approximate surface area is 117 Å². The fourth-order valence-electron chi connectivity index (χ4n) is 3.45. The molecule has 0 aliphatic heterocycles. The van der Waals surface area contributed by atoms with Crippen molar-refractivity contribution in [1.82, 2.24) is 15.1 Å². The van der Waals surface area contributed by atoms with Crippen molar-refractivity contribution < 1.29 is 0 Å². The molecule has 0 aromatic carbocycles. The summed E-state index contributed by atoms with van der Waals surface area (Å²) in [4.78, 5) is 0. The number of rotatable bonds is 5. The fraction of sp³-hybridized carbons (Fsp3) is 0.812. The molecule has 19 heavy (non-hydrogen) atoms. The van der Waals surface area contributed by atoms with Gasteiger partial charge in [0.1, 0.15) is 0 Å².